The van der Waals surface area contributed by atoms with Gasteiger partial charge in [0.2, 0.25) is 5.91 Å². The summed E-state index contributed by atoms with van der Waals surface area (Å²) in [5.41, 5.74) is 0.480. The Labute approximate surface area is 166 Å². The Balaban J connectivity index is 1.58. The Morgan fingerprint density at radius 1 is 1.26 bits per heavy atom. The zero-order valence-electron chi connectivity index (χ0n) is 14.8. The van der Waals surface area contributed by atoms with Crippen molar-refractivity contribution in [1.29, 1.82) is 0 Å². The van der Waals surface area contributed by atoms with E-state index >= 15 is 0 Å². The van der Waals surface area contributed by atoms with Gasteiger partial charge in [0.1, 0.15) is 5.75 Å². The molecule has 0 spiro atoms. The SMILES string of the molecule is CC(Oc1ccccc1)c1nnc(SCC(=O)Nc2cccnc2Cl)n1C. The van der Waals surface area contributed by atoms with Gasteiger partial charge in [-0.3, -0.25) is 4.79 Å². The zero-order chi connectivity index (χ0) is 19.2. The van der Waals surface area contributed by atoms with Gasteiger partial charge in [-0.05, 0) is 31.2 Å². The molecule has 140 valence electrons. The van der Waals surface area contributed by atoms with Crippen LogP contribution in [0.25, 0.3) is 0 Å². The van der Waals surface area contributed by atoms with Crippen molar-refractivity contribution in [2.24, 2.45) is 7.05 Å². The summed E-state index contributed by atoms with van der Waals surface area (Å²) in [7, 11) is 1.85. The molecule has 0 aliphatic heterocycles. The minimum atomic E-state index is -0.276. The van der Waals surface area contributed by atoms with E-state index in [9.17, 15) is 4.79 Å². The number of hydrogen-bond acceptors (Lipinski definition) is 6. The largest absolute Gasteiger partial charge is 0.483 e. The van der Waals surface area contributed by atoms with Gasteiger partial charge in [0.05, 0.1) is 11.4 Å². The van der Waals surface area contributed by atoms with Gasteiger partial charge in [-0.15, -0.1) is 10.2 Å². The van der Waals surface area contributed by atoms with Gasteiger partial charge in [-0.1, -0.05) is 41.6 Å². The Morgan fingerprint density at radius 3 is 2.78 bits per heavy atom. The summed E-state index contributed by atoms with van der Waals surface area (Å²) >= 11 is 7.23. The summed E-state index contributed by atoms with van der Waals surface area (Å²) in [6, 6.07) is 12.9. The second-order valence-electron chi connectivity index (χ2n) is 5.65. The molecule has 0 aliphatic rings. The van der Waals surface area contributed by atoms with Crippen molar-refractivity contribution in [2.75, 3.05) is 11.1 Å². The van der Waals surface area contributed by atoms with Gasteiger partial charge in [-0.2, -0.15) is 0 Å². The Morgan fingerprint density at radius 2 is 2.04 bits per heavy atom. The number of benzene rings is 1. The van der Waals surface area contributed by atoms with Gasteiger partial charge in [0.25, 0.3) is 0 Å². The number of aromatic nitrogens is 4. The quantitative estimate of drug-likeness (QED) is 0.478. The molecule has 0 radical (unpaired) electrons. The van der Waals surface area contributed by atoms with E-state index in [0.29, 0.717) is 16.7 Å². The summed E-state index contributed by atoms with van der Waals surface area (Å²) in [6.07, 6.45) is 1.29. The Hall–Kier alpha value is -2.58. The fraction of sp³-hybridized carbons (Fsp3) is 0.222. The third-order valence-corrected chi connectivity index (χ3v) is 4.98. The lowest BCUT2D eigenvalue weighted by Crippen LogP contribution is -2.15. The van der Waals surface area contributed by atoms with Crippen LogP contribution in [0.4, 0.5) is 5.69 Å². The predicted octanol–water partition coefficient (Wildman–Crippen LogP) is 3.73. The highest BCUT2D eigenvalue weighted by Crippen LogP contribution is 2.24. The maximum atomic E-state index is 12.1. The minimum Gasteiger partial charge on any atom is -0.483 e. The molecule has 0 aliphatic carbocycles. The van der Waals surface area contributed by atoms with Crippen LogP contribution in [0.5, 0.6) is 5.75 Å². The second kappa shape index (κ2) is 8.88. The molecule has 0 fully saturated rings. The average Bonchev–Trinajstić information content (AvgIpc) is 3.03. The Bertz CT molecular complexity index is 919. The second-order valence-corrected chi connectivity index (χ2v) is 6.95. The molecule has 0 saturated heterocycles. The molecule has 3 aromatic rings. The smallest absolute Gasteiger partial charge is 0.234 e. The topological polar surface area (TPSA) is 81.9 Å². The normalized spacial score (nSPS) is 11.8. The molecule has 0 bridgehead atoms. The lowest BCUT2D eigenvalue weighted by atomic mass is 10.3. The molecular formula is C18H18ClN5O2S. The number of ether oxygens (including phenoxy) is 1. The number of carbonyl (C=O) groups excluding carboxylic acids is 1. The standard InChI is InChI=1S/C18H18ClN5O2S/c1-12(26-13-7-4-3-5-8-13)17-22-23-18(24(17)2)27-11-15(25)21-14-9-6-10-20-16(14)19/h3-10,12H,11H2,1-2H3,(H,21,25). The molecule has 7 nitrogen and oxygen atoms in total. The van der Waals surface area contributed by atoms with Gasteiger partial charge < -0.3 is 14.6 Å². The molecule has 2 aromatic heterocycles. The Kier molecular flexibility index (Phi) is 6.31. The number of amides is 1. The number of thioether (sulfide) groups is 1. The lowest BCUT2D eigenvalue weighted by Gasteiger charge is -2.14. The number of halogens is 1. The molecule has 2 heterocycles. The highest BCUT2D eigenvalue weighted by Gasteiger charge is 2.18. The average molecular weight is 404 g/mol. The van der Waals surface area contributed by atoms with Gasteiger partial charge in [-0.25, -0.2) is 4.98 Å². The number of nitrogens with one attached hydrogen (secondary N) is 1. The first-order valence-corrected chi connectivity index (χ1v) is 9.55. The van der Waals surface area contributed by atoms with Crippen molar-refractivity contribution >= 4 is 35.0 Å². The van der Waals surface area contributed by atoms with Crippen molar-refractivity contribution < 1.29 is 9.53 Å². The van der Waals surface area contributed by atoms with Crippen molar-refractivity contribution in [1.82, 2.24) is 19.7 Å². The van der Waals surface area contributed by atoms with E-state index in [2.05, 4.69) is 20.5 Å². The van der Waals surface area contributed by atoms with Crippen LogP contribution in [0.3, 0.4) is 0 Å². The highest BCUT2D eigenvalue weighted by atomic mass is 35.5. The summed E-state index contributed by atoms with van der Waals surface area (Å²) in [5.74, 6) is 1.41. The molecule has 9 heteroatoms. The van der Waals surface area contributed by atoms with Crippen LogP contribution in [0.15, 0.2) is 53.8 Å². The summed E-state index contributed by atoms with van der Waals surface area (Å²) in [6.45, 7) is 1.91. The summed E-state index contributed by atoms with van der Waals surface area (Å²) in [4.78, 5) is 16.1. The van der Waals surface area contributed by atoms with Crippen molar-refractivity contribution in [3.63, 3.8) is 0 Å². The first-order valence-electron chi connectivity index (χ1n) is 8.18. The maximum absolute atomic E-state index is 12.1. The van der Waals surface area contributed by atoms with Crippen LogP contribution in [0.1, 0.15) is 18.9 Å². The van der Waals surface area contributed by atoms with Crippen molar-refractivity contribution in [3.05, 3.63) is 59.6 Å². The number of pyridine rings is 1. The number of hydrogen-bond donors (Lipinski definition) is 1. The fourth-order valence-electron chi connectivity index (χ4n) is 2.36. The van der Waals surface area contributed by atoms with E-state index in [1.165, 1.54) is 11.8 Å². The number of nitrogens with zero attached hydrogens (tertiary/aromatic N) is 4. The molecular weight excluding hydrogens is 386 g/mol. The molecule has 1 unspecified atom stereocenters. The molecule has 1 atom stereocenters. The number of carbonyl (C=O) groups is 1. The van der Waals surface area contributed by atoms with Gasteiger partial charge in [0.15, 0.2) is 22.2 Å². The van der Waals surface area contributed by atoms with Crippen molar-refractivity contribution in [2.45, 2.75) is 18.2 Å². The molecule has 0 saturated carbocycles. The third kappa shape index (κ3) is 4.99. The van der Waals surface area contributed by atoms with E-state index in [1.807, 2.05) is 48.9 Å². The number of rotatable bonds is 7. The van der Waals surface area contributed by atoms with Crippen LogP contribution >= 0.6 is 23.4 Å². The van der Waals surface area contributed by atoms with E-state index in [0.717, 1.165) is 5.75 Å². The van der Waals surface area contributed by atoms with Gasteiger partial charge in [0, 0.05) is 13.2 Å². The van der Waals surface area contributed by atoms with Crippen LogP contribution in [-0.4, -0.2) is 31.4 Å². The first-order chi connectivity index (χ1) is 13.0. The number of para-hydroxylation sites is 1. The minimum absolute atomic E-state index is 0.172. The first kappa shape index (κ1) is 19.2. The molecule has 1 aromatic carbocycles. The molecule has 1 N–H and O–H groups in total. The summed E-state index contributed by atoms with van der Waals surface area (Å²) < 4.78 is 7.70. The monoisotopic (exact) mass is 403 g/mol. The maximum Gasteiger partial charge on any atom is 0.234 e. The number of anilines is 1. The third-order valence-electron chi connectivity index (χ3n) is 3.65. The van der Waals surface area contributed by atoms with E-state index < -0.39 is 0 Å². The fourth-order valence-corrected chi connectivity index (χ4v) is 3.24. The van der Waals surface area contributed by atoms with Crippen molar-refractivity contribution in [3.8, 4) is 5.75 Å². The van der Waals surface area contributed by atoms with Crippen LogP contribution < -0.4 is 10.1 Å². The highest BCUT2D eigenvalue weighted by molar-refractivity contribution is 7.99. The zero-order valence-corrected chi connectivity index (χ0v) is 16.4. The van der Waals surface area contributed by atoms with E-state index in [4.69, 9.17) is 16.3 Å². The van der Waals surface area contributed by atoms with E-state index in [1.54, 1.807) is 18.3 Å². The predicted molar refractivity (Wildman–Crippen MR) is 105 cm³/mol. The van der Waals surface area contributed by atoms with Crippen LogP contribution in [-0.2, 0) is 11.8 Å². The lowest BCUT2D eigenvalue weighted by molar-refractivity contribution is -0.113. The molecule has 1 amide bonds. The summed E-state index contributed by atoms with van der Waals surface area (Å²) in [5, 5.41) is 11.9. The van der Waals surface area contributed by atoms with E-state index in [-0.39, 0.29) is 22.9 Å². The van der Waals surface area contributed by atoms with Crippen LogP contribution in [0.2, 0.25) is 5.15 Å². The molecule has 27 heavy (non-hydrogen) atoms. The van der Waals surface area contributed by atoms with Crippen LogP contribution in [0, 0.1) is 0 Å². The molecule has 3 rings (SSSR count). The van der Waals surface area contributed by atoms with Gasteiger partial charge >= 0.3 is 0 Å².